The summed E-state index contributed by atoms with van der Waals surface area (Å²) in [4.78, 5) is 15.4. The maximum atomic E-state index is 11.6. The number of ether oxygens (including phenoxy) is 1. The van der Waals surface area contributed by atoms with Gasteiger partial charge in [0, 0.05) is 12.3 Å². The van der Waals surface area contributed by atoms with Crippen molar-refractivity contribution in [3.8, 4) is 5.88 Å². The van der Waals surface area contributed by atoms with Crippen molar-refractivity contribution in [2.45, 2.75) is 12.2 Å². The fraction of sp³-hybridized carbons (Fsp3) is 0.400. The fourth-order valence-corrected chi connectivity index (χ4v) is 1.46. The number of aromatic nitrogens is 1. The van der Waals surface area contributed by atoms with Gasteiger partial charge in [-0.05, 0) is 13.0 Å². The van der Waals surface area contributed by atoms with Crippen LogP contribution in [0.3, 0.4) is 0 Å². The predicted molar refractivity (Wildman–Crippen MR) is 63.7 cm³/mol. The number of carbonyl (C=O) groups is 1. The highest BCUT2D eigenvalue weighted by Crippen LogP contribution is 2.12. The minimum atomic E-state index is -3.39. The molecule has 17 heavy (non-hydrogen) atoms. The highest BCUT2D eigenvalue weighted by Gasteiger charge is 2.23. The van der Waals surface area contributed by atoms with E-state index in [1.165, 1.54) is 20.2 Å². The van der Waals surface area contributed by atoms with Crippen molar-refractivity contribution >= 4 is 21.4 Å². The van der Waals surface area contributed by atoms with Crippen molar-refractivity contribution in [2.75, 3.05) is 18.7 Å². The van der Waals surface area contributed by atoms with Gasteiger partial charge in [0.25, 0.3) is 0 Å². The zero-order valence-electron chi connectivity index (χ0n) is 9.80. The molecule has 0 aromatic carbocycles. The van der Waals surface area contributed by atoms with E-state index < -0.39 is 21.0 Å². The molecule has 1 heterocycles. The summed E-state index contributed by atoms with van der Waals surface area (Å²) in [5.41, 5.74) is 0.423. The van der Waals surface area contributed by atoms with Gasteiger partial charge in [0.15, 0.2) is 9.84 Å². The van der Waals surface area contributed by atoms with E-state index in [0.29, 0.717) is 11.6 Å². The number of anilines is 1. The molecule has 0 spiro atoms. The number of hydrogen-bond donors (Lipinski definition) is 1. The number of methoxy groups -OCH3 is 1. The zero-order valence-corrected chi connectivity index (χ0v) is 10.6. The van der Waals surface area contributed by atoms with Crippen molar-refractivity contribution in [3.63, 3.8) is 0 Å². The first-order valence-electron chi connectivity index (χ1n) is 4.84. The van der Waals surface area contributed by atoms with Crippen LogP contribution in [0.4, 0.5) is 5.69 Å². The van der Waals surface area contributed by atoms with Gasteiger partial charge >= 0.3 is 0 Å². The van der Waals surface area contributed by atoms with Crippen molar-refractivity contribution in [3.05, 3.63) is 18.3 Å². The average molecular weight is 258 g/mol. The third-order valence-corrected chi connectivity index (χ3v) is 3.72. The van der Waals surface area contributed by atoms with Crippen LogP contribution in [0.5, 0.6) is 5.88 Å². The summed E-state index contributed by atoms with van der Waals surface area (Å²) in [6.07, 6.45) is 2.41. The molecule has 0 aliphatic carbocycles. The molecule has 0 saturated carbocycles. The van der Waals surface area contributed by atoms with Gasteiger partial charge < -0.3 is 10.1 Å². The van der Waals surface area contributed by atoms with Gasteiger partial charge in [0.05, 0.1) is 19.0 Å². The van der Waals surface area contributed by atoms with E-state index in [9.17, 15) is 13.2 Å². The minimum Gasteiger partial charge on any atom is -0.481 e. The molecule has 1 atom stereocenters. The molecule has 0 fully saturated rings. The lowest BCUT2D eigenvalue weighted by atomic mass is 10.3. The van der Waals surface area contributed by atoms with Crippen LogP contribution < -0.4 is 10.1 Å². The SMILES string of the molecule is COc1ccc(NC(=O)[C@@H](C)S(C)(=O)=O)cn1. The Labute approximate surface area is 99.9 Å². The molecule has 0 bridgehead atoms. The number of nitrogens with one attached hydrogen (secondary N) is 1. The fourth-order valence-electron chi connectivity index (χ4n) is 1.01. The Morgan fingerprint density at radius 2 is 2.12 bits per heavy atom. The van der Waals surface area contributed by atoms with Crippen LogP contribution >= 0.6 is 0 Å². The van der Waals surface area contributed by atoms with Crippen LogP contribution in [0.15, 0.2) is 18.3 Å². The number of hydrogen-bond acceptors (Lipinski definition) is 5. The molecule has 94 valence electrons. The summed E-state index contributed by atoms with van der Waals surface area (Å²) in [6.45, 7) is 1.33. The lowest BCUT2D eigenvalue weighted by molar-refractivity contribution is -0.115. The summed E-state index contributed by atoms with van der Waals surface area (Å²) in [6, 6.07) is 3.15. The summed E-state index contributed by atoms with van der Waals surface area (Å²) < 4.78 is 27.2. The van der Waals surface area contributed by atoms with E-state index in [1.54, 1.807) is 12.1 Å². The van der Waals surface area contributed by atoms with Crippen LogP contribution in [0.2, 0.25) is 0 Å². The molecule has 1 N–H and O–H groups in total. The molecule has 0 aliphatic heterocycles. The topological polar surface area (TPSA) is 85.4 Å². The van der Waals surface area contributed by atoms with Crippen molar-refractivity contribution < 1.29 is 17.9 Å². The van der Waals surface area contributed by atoms with Gasteiger partial charge in [-0.3, -0.25) is 4.79 Å². The first kappa shape index (κ1) is 13.4. The molecular formula is C10H14N2O4S. The van der Waals surface area contributed by atoms with Gasteiger partial charge in [-0.1, -0.05) is 0 Å². The Morgan fingerprint density at radius 3 is 2.53 bits per heavy atom. The highest BCUT2D eigenvalue weighted by atomic mass is 32.2. The van der Waals surface area contributed by atoms with E-state index in [-0.39, 0.29) is 0 Å². The molecule has 6 nitrogen and oxygen atoms in total. The van der Waals surface area contributed by atoms with E-state index >= 15 is 0 Å². The van der Waals surface area contributed by atoms with Crippen LogP contribution in [0.25, 0.3) is 0 Å². The van der Waals surface area contributed by atoms with Crippen molar-refractivity contribution in [1.82, 2.24) is 4.98 Å². The highest BCUT2D eigenvalue weighted by molar-refractivity contribution is 7.92. The largest absolute Gasteiger partial charge is 0.481 e. The second-order valence-corrected chi connectivity index (χ2v) is 5.92. The van der Waals surface area contributed by atoms with Gasteiger partial charge in [-0.2, -0.15) is 0 Å². The summed E-state index contributed by atoms with van der Waals surface area (Å²) >= 11 is 0. The molecule has 1 aromatic rings. The lowest BCUT2D eigenvalue weighted by Crippen LogP contribution is -2.31. The monoisotopic (exact) mass is 258 g/mol. The number of amides is 1. The molecule has 0 radical (unpaired) electrons. The third-order valence-electron chi connectivity index (χ3n) is 2.22. The Bertz CT molecular complexity index is 496. The van der Waals surface area contributed by atoms with E-state index in [0.717, 1.165) is 6.26 Å². The number of rotatable bonds is 4. The number of nitrogens with zero attached hydrogens (tertiary/aromatic N) is 1. The first-order valence-corrected chi connectivity index (χ1v) is 6.80. The van der Waals surface area contributed by atoms with E-state index in [2.05, 4.69) is 10.3 Å². The molecule has 7 heteroatoms. The smallest absolute Gasteiger partial charge is 0.242 e. The quantitative estimate of drug-likeness (QED) is 0.848. The lowest BCUT2D eigenvalue weighted by Gasteiger charge is -2.10. The van der Waals surface area contributed by atoms with Crippen molar-refractivity contribution in [2.24, 2.45) is 0 Å². The normalized spacial score (nSPS) is 12.9. The summed E-state index contributed by atoms with van der Waals surface area (Å²) in [5, 5.41) is 1.37. The molecular weight excluding hydrogens is 244 g/mol. The zero-order chi connectivity index (χ0) is 13.1. The molecule has 0 unspecified atom stereocenters. The Kier molecular flexibility index (Phi) is 4.06. The molecule has 1 rings (SSSR count). The van der Waals surface area contributed by atoms with Gasteiger partial charge in [-0.25, -0.2) is 13.4 Å². The second kappa shape index (κ2) is 5.13. The Balaban J connectivity index is 2.74. The van der Waals surface area contributed by atoms with Gasteiger partial charge in [0.2, 0.25) is 11.8 Å². The maximum absolute atomic E-state index is 11.6. The molecule has 0 saturated heterocycles. The standard InChI is InChI=1S/C10H14N2O4S/c1-7(17(3,14)15)10(13)12-8-4-5-9(16-2)11-6-8/h4-7H,1-3H3,(H,12,13)/t7-/m1/s1. The van der Waals surface area contributed by atoms with Gasteiger partial charge in [-0.15, -0.1) is 0 Å². The Morgan fingerprint density at radius 1 is 1.47 bits per heavy atom. The van der Waals surface area contributed by atoms with Crippen LogP contribution in [-0.4, -0.2) is 37.9 Å². The van der Waals surface area contributed by atoms with Gasteiger partial charge in [0.1, 0.15) is 5.25 Å². The van der Waals surface area contributed by atoms with E-state index in [4.69, 9.17) is 4.74 Å². The molecule has 1 aromatic heterocycles. The molecule has 0 aliphatic rings. The van der Waals surface area contributed by atoms with Crippen LogP contribution in [0, 0.1) is 0 Å². The first-order chi connectivity index (χ1) is 7.84. The average Bonchev–Trinajstić information content (AvgIpc) is 2.27. The van der Waals surface area contributed by atoms with E-state index in [1.807, 2.05) is 0 Å². The third kappa shape index (κ3) is 3.70. The van der Waals surface area contributed by atoms with Crippen LogP contribution in [-0.2, 0) is 14.6 Å². The summed E-state index contributed by atoms with van der Waals surface area (Å²) in [5.74, 6) is -0.168. The second-order valence-electron chi connectivity index (χ2n) is 3.55. The number of sulfone groups is 1. The Hall–Kier alpha value is -1.63. The van der Waals surface area contributed by atoms with Crippen molar-refractivity contribution in [1.29, 1.82) is 0 Å². The van der Waals surface area contributed by atoms with Crippen LogP contribution in [0.1, 0.15) is 6.92 Å². The summed E-state index contributed by atoms with van der Waals surface area (Å²) in [7, 11) is -1.91. The molecule has 1 amide bonds. The minimum absolute atomic E-state index is 0.416. The number of pyridine rings is 1. The maximum Gasteiger partial charge on any atom is 0.242 e. The number of carbonyl (C=O) groups excluding carboxylic acids is 1. The predicted octanol–water partition coefficient (Wildman–Crippen LogP) is 0.462.